The molecule has 0 radical (unpaired) electrons. The van der Waals surface area contributed by atoms with Crippen LogP contribution in [0.4, 0.5) is 5.69 Å². The first-order valence-electron chi connectivity index (χ1n) is 7.91. The Kier molecular flexibility index (Phi) is 4.57. The Hall–Kier alpha value is -2.73. The molecule has 6 nitrogen and oxygen atoms in total. The molecule has 124 valence electrons. The molecule has 6 heteroatoms. The summed E-state index contributed by atoms with van der Waals surface area (Å²) in [6, 6.07) is 14.0. The highest BCUT2D eigenvalue weighted by atomic mass is 16.6. The zero-order valence-electron chi connectivity index (χ0n) is 13.2. The highest BCUT2D eigenvalue weighted by molar-refractivity contribution is 5.82. The molecule has 0 saturated heterocycles. The lowest BCUT2D eigenvalue weighted by Gasteiger charge is -2.35. The first-order valence-corrected chi connectivity index (χ1v) is 7.91. The number of benzene rings is 2. The molecule has 3 rings (SSSR count). The van der Waals surface area contributed by atoms with Gasteiger partial charge in [0.05, 0.1) is 4.92 Å². The average molecular weight is 325 g/mol. The number of amides is 1. The summed E-state index contributed by atoms with van der Waals surface area (Å²) in [4.78, 5) is 24.3. The van der Waals surface area contributed by atoms with Crippen LogP contribution in [0.3, 0.4) is 0 Å². The van der Waals surface area contributed by atoms with Crippen LogP contribution in [0, 0.1) is 10.1 Å². The number of rotatable bonds is 5. The zero-order chi connectivity index (χ0) is 17.1. The number of non-ortho nitro benzene ring substituents is 1. The van der Waals surface area contributed by atoms with Crippen LogP contribution in [0.15, 0.2) is 48.5 Å². The van der Waals surface area contributed by atoms with Crippen molar-refractivity contribution in [3.05, 3.63) is 75.3 Å². The molecule has 0 bridgehead atoms. The molecule has 0 fully saturated rings. The Morgan fingerprint density at radius 2 is 1.92 bits per heavy atom. The maximum absolute atomic E-state index is 12.0. The molecule has 24 heavy (non-hydrogen) atoms. The number of nitro groups is 1. The molecule has 1 heterocycles. The Morgan fingerprint density at radius 1 is 1.21 bits per heavy atom. The van der Waals surface area contributed by atoms with Crippen molar-refractivity contribution in [1.29, 1.82) is 0 Å². The van der Waals surface area contributed by atoms with Gasteiger partial charge in [-0.15, -0.1) is 0 Å². The minimum absolute atomic E-state index is 0.0839. The number of primary amides is 1. The molecule has 0 aliphatic carbocycles. The smallest absolute Gasteiger partial charge is 0.269 e. The van der Waals surface area contributed by atoms with Gasteiger partial charge in [-0.05, 0) is 29.5 Å². The molecule has 0 saturated carbocycles. The average Bonchev–Trinajstić information content (AvgIpc) is 2.59. The standard InChI is InChI=1S/C18H19N3O3/c19-18(22)17-16-4-2-1-3-14(16)10-12-20(17)11-9-13-5-7-15(8-6-13)21(23)24/h1-8,17H,9-12H2,(H2,19,22)/t17-/m1/s1. The molecule has 0 spiro atoms. The lowest BCUT2D eigenvalue weighted by atomic mass is 9.92. The summed E-state index contributed by atoms with van der Waals surface area (Å²) in [5.41, 5.74) is 8.89. The fourth-order valence-electron chi connectivity index (χ4n) is 3.25. The highest BCUT2D eigenvalue weighted by Crippen LogP contribution is 2.29. The zero-order valence-corrected chi connectivity index (χ0v) is 13.2. The third-order valence-corrected chi connectivity index (χ3v) is 4.49. The van der Waals surface area contributed by atoms with Gasteiger partial charge in [0.15, 0.2) is 0 Å². The predicted octanol–water partition coefficient (Wildman–Crippen LogP) is 2.22. The Labute approximate surface area is 140 Å². The number of nitrogens with zero attached hydrogens (tertiary/aromatic N) is 2. The number of fused-ring (bicyclic) bond motifs is 1. The lowest BCUT2D eigenvalue weighted by molar-refractivity contribution is -0.384. The monoisotopic (exact) mass is 325 g/mol. The van der Waals surface area contributed by atoms with Gasteiger partial charge in [0, 0.05) is 25.2 Å². The molecule has 1 aliphatic rings. The molecule has 1 aliphatic heterocycles. The summed E-state index contributed by atoms with van der Waals surface area (Å²) in [6.45, 7) is 1.46. The Balaban J connectivity index is 1.72. The van der Waals surface area contributed by atoms with Crippen molar-refractivity contribution in [2.45, 2.75) is 18.9 Å². The molecule has 2 aromatic rings. The van der Waals surface area contributed by atoms with Crippen LogP contribution in [0.2, 0.25) is 0 Å². The maximum atomic E-state index is 12.0. The largest absolute Gasteiger partial charge is 0.368 e. The van der Waals surface area contributed by atoms with E-state index in [0.29, 0.717) is 13.0 Å². The van der Waals surface area contributed by atoms with Gasteiger partial charge in [0.1, 0.15) is 6.04 Å². The van der Waals surface area contributed by atoms with Gasteiger partial charge in [-0.2, -0.15) is 0 Å². The van der Waals surface area contributed by atoms with E-state index < -0.39 is 11.0 Å². The summed E-state index contributed by atoms with van der Waals surface area (Å²) in [5, 5.41) is 10.7. The van der Waals surface area contributed by atoms with Gasteiger partial charge in [-0.3, -0.25) is 19.8 Å². The topological polar surface area (TPSA) is 89.5 Å². The van der Waals surface area contributed by atoms with Crippen LogP contribution in [0.1, 0.15) is 22.7 Å². The van der Waals surface area contributed by atoms with E-state index in [1.807, 2.05) is 24.3 Å². The number of hydrogen-bond donors (Lipinski definition) is 1. The van der Waals surface area contributed by atoms with Crippen molar-refractivity contribution in [2.24, 2.45) is 5.73 Å². The van der Waals surface area contributed by atoms with E-state index in [0.717, 1.165) is 24.1 Å². The summed E-state index contributed by atoms with van der Waals surface area (Å²) in [7, 11) is 0. The van der Waals surface area contributed by atoms with Gasteiger partial charge in [0.25, 0.3) is 5.69 Å². The van der Waals surface area contributed by atoms with E-state index in [2.05, 4.69) is 4.90 Å². The first kappa shape index (κ1) is 16.1. The summed E-state index contributed by atoms with van der Waals surface area (Å²) in [6.07, 6.45) is 1.60. The molecule has 0 aromatic heterocycles. The van der Waals surface area contributed by atoms with Crippen molar-refractivity contribution in [3.63, 3.8) is 0 Å². The van der Waals surface area contributed by atoms with Crippen LogP contribution < -0.4 is 5.73 Å². The Bertz CT molecular complexity index is 758. The van der Waals surface area contributed by atoms with Crippen molar-refractivity contribution in [3.8, 4) is 0 Å². The van der Waals surface area contributed by atoms with Gasteiger partial charge < -0.3 is 5.73 Å². The summed E-state index contributed by atoms with van der Waals surface area (Å²) >= 11 is 0. The van der Waals surface area contributed by atoms with Crippen molar-refractivity contribution in [2.75, 3.05) is 13.1 Å². The summed E-state index contributed by atoms with van der Waals surface area (Å²) in [5.74, 6) is -0.342. The third kappa shape index (κ3) is 3.28. The van der Waals surface area contributed by atoms with Crippen LogP contribution in [0.25, 0.3) is 0 Å². The number of carbonyl (C=O) groups excluding carboxylic acids is 1. The van der Waals surface area contributed by atoms with Gasteiger partial charge >= 0.3 is 0 Å². The number of nitrogens with two attached hydrogens (primary N) is 1. The lowest BCUT2D eigenvalue weighted by Crippen LogP contribution is -2.43. The van der Waals surface area contributed by atoms with E-state index in [1.54, 1.807) is 12.1 Å². The SMILES string of the molecule is NC(=O)[C@H]1c2ccccc2CCN1CCc1ccc([N+](=O)[O-])cc1. The van der Waals surface area contributed by atoms with E-state index in [4.69, 9.17) is 5.73 Å². The first-order chi connectivity index (χ1) is 11.6. The molecule has 1 atom stereocenters. The molecule has 2 aromatic carbocycles. The molecule has 2 N–H and O–H groups in total. The minimum Gasteiger partial charge on any atom is -0.368 e. The van der Waals surface area contributed by atoms with Crippen LogP contribution in [-0.2, 0) is 17.6 Å². The van der Waals surface area contributed by atoms with Crippen molar-refractivity contribution in [1.82, 2.24) is 4.90 Å². The van der Waals surface area contributed by atoms with Crippen LogP contribution >= 0.6 is 0 Å². The van der Waals surface area contributed by atoms with Gasteiger partial charge in [-0.1, -0.05) is 36.4 Å². The predicted molar refractivity (Wildman–Crippen MR) is 90.5 cm³/mol. The normalized spacial score (nSPS) is 17.2. The van der Waals surface area contributed by atoms with E-state index in [9.17, 15) is 14.9 Å². The second-order valence-electron chi connectivity index (χ2n) is 5.96. The van der Waals surface area contributed by atoms with E-state index in [-0.39, 0.29) is 11.6 Å². The fourth-order valence-corrected chi connectivity index (χ4v) is 3.25. The van der Waals surface area contributed by atoms with Crippen molar-refractivity contribution < 1.29 is 9.72 Å². The second-order valence-corrected chi connectivity index (χ2v) is 5.96. The summed E-state index contributed by atoms with van der Waals surface area (Å²) < 4.78 is 0. The van der Waals surface area contributed by atoms with Gasteiger partial charge in [0.2, 0.25) is 5.91 Å². The fraction of sp³-hybridized carbons (Fsp3) is 0.278. The maximum Gasteiger partial charge on any atom is 0.269 e. The number of hydrogen-bond acceptors (Lipinski definition) is 4. The number of carbonyl (C=O) groups is 1. The minimum atomic E-state index is -0.409. The molecular formula is C18H19N3O3. The molecule has 1 amide bonds. The van der Waals surface area contributed by atoms with Gasteiger partial charge in [-0.25, -0.2) is 0 Å². The van der Waals surface area contributed by atoms with Crippen LogP contribution in [0.5, 0.6) is 0 Å². The van der Waals surface area contributed by atoms with Crippen LogP contribution in [-0.4, -0.2) is 28.8 Å². The Morgan fingerprint density at radius 3 is 2.58 bits per heavy atom. The highest BCUT2D eigenvalue weighted by Gasteiger charge is 2.30. The van der Waals surface area contributed by atoms with E-state index >= 15 is 0 Å². The molecule has 0 unspecified atom stereocenters. The number of nitro benzene ring substituents is 1. The van der Waals surface area contributed by atoms with Crippen molar-refractivity contribution >= 4 is 11.6 Å². The second kappa shape index (κ2) is 6.80. The quantitative estimate of drug-likeness (QED) is 0.674. The molecular weight excluding hydrogens is 306 g/mol. The third-order valence-electron chi connectivity index (χ3n) is 4.49. The van der Waals surface area contributed by atoms with E-state index in [1.165, 1.54) is 17.7 Å².